The molecule has 0 aliphatic carbocycles. The molecule has 6 nitrogen and oxygen atoms in total. The summed E-state index contributed by atoms with van der Waals surface area (Å²) in [5, 5.41) is 12.2. The molecule has 0 heterocycles. The highest BCUT2D eigenvalue weighted by atomic mass is 16.7. The van der Waals surface area contributed by atoms with E-state index in [-0.39, 0.29) is 13.1 Å². The van der Waals surface area contributed by atoms with Crippen molar-refractivity contribution in [2.24, 2.45) is 5.73 Å². The van der Waals surface area contributed by atoms with Gasteiger partial charge in [0, 0.05) is 6.04 Å². The normalized spacial score (nSPS) is 12.9. The predicted molar refractivity (Wildman–Crippen MR) is 119 cm³/mol. The number of rotatable bonds is 10. The molecule has 3 N–H and O–H groups in total. The number of nitrogens with zero attached hydrogens (tertiary/aromatic N) is 1. The van der Waals surface area contributed by atoms with Gasteiger partial charge in [0.15, 0.2) is 0 Å². The number of hydrogen-bond donors (Lipinski definition) is 2. The van der Waals surface area contributed by atoms with Gasteiger partial charge in [0.1, 0.15) is 5.75 Å². The number of ether oxygens (including phenoxy) is 1. The Morgan fingerprint density at radius 3 is 2.29 bits per heavy atom. The number of carbonyl (C=O) groups is 1. The van der Waals surface area contributed by atoms with E-state index >= 15 is 0 Å². The van der Waals surface area contributed by atoms with Crippen LogP contribution < -0.4 is 10.5 Å². The van der Waals surface area contributed by atoms with Crippen LogP contribution in [0.1, 0.15) is 21.5 Å². The second kappa shape index (κ2) is 11.3. The minimum absolute atomic E-state index is 0.0732. The van der Waals surface area contributed by atoms with Crippen molar-refractivity contribution in [1.29, 1.82) is 0 Å². The van der Waals surface area contributed by atoms with Crippen LogP contribution in [0.5, 0.6) is 5.75 Å². The van der Waals surface area contributed by atoms with E-state index in [4.69, 9.17) is 15.3 Å². The molecule has 0 bridgehead atoms. The van der Waals surface area contributed by atoms with E-state index in [0.29, 0.717) is 17.7 Å². The highest BCUT2D eigenvalue weighted by Gasteiger charge is 2.23. The van der Waals surface area contributed by atoms with E-state index in [1.54, 1.807) is 31.4 Å². The Labute approximate surface area is 182 Å². The number of hydroxylamine groups is 2. The zero-order valence-electron chi connectivity index (χ0n) is 17.6. The van der Waals surface area contributed by atoms with Crippen LogP contribution in [0, 0.1) is 0 Å². The average molecular weight is 421 g/mol. The molecule has 0 aromatic heterocycles. The minimum Gasteiger partial charge on any atom is -0.497 e. The van der Waals surface area contributed by atoms with Crippen molar-refractivity contribution in [2.45, 2.75) is 25.1 Å². The molecule has 0 aliphatic heterocycles. The summed E-state index contributed by atoms with van der Waals surface area (Å²) in [6.07, 6.45) is -0.379. The van der Waals surface area contributed by atoms with Crippen molar-refractivity contribution in [3.8, 4) is 5.75 Å². The Hall–Kier alpha value is -3.19. The first-order valence-corrected chi connectivity index (χ1v) is 10.2. The van der Waals surface area contributed by atoms with Gasteiger partial charge in [-0.15, -0.1) is 5.06 Å². The van der Waals surface area contributed by atoms with Crippen molar-refractivity contribution in [1.82, 2.24) is 5.06 Å². The van der Waals surface area contributed by atoms with Gasteiger partial charge in [-0.25, -0.2) is 4.79 Å². The topological polar surface area (TPSA) is 85.0 Å². The van der Waals surface area contributed by atoms with E-state index in [1.165, 1.54) is 5.06 Å². The fourth-order valence-electron chi connectivity index (χ4n) is 3.22. The first-order valence-electron chi connectivity index (χ1n) is 10.2. The smallest absolute Gasteiger partial charge is 0.357 e. The summed E-state index contributed by atoms with van der Waals surface area (Å²) < 4.78 is 5.28. The molecule has 3 aromatic rings. The lowest BCUT2D eigenvalue weighted by Gasteiger charge is -2.27. The lowest BCUT2D eigenvalue weighted by Crippen LogP contribution is -2.45. The summed E-state index contributed by atoms with van der Waals surface area (Å²) in [6.45, 7) is 0.356. The number of methoxy groups -OCH3 is 1. The molecule has 0 fully saturated rings. The van der Waals surface area contributed by atoms with Gasteiger partial charge in [0.05, 0.1) is 31.9 Å². The third-order valence-electron chi connectivity index (χ3n) is 4.91. The van der Waals surface area contributed by atoms with Gasteiger partial charge in [-0.3, -0.25) is 0 Å². The zero-order chi connectivity index (χ0) is 22.1. The van der Waals surface area contributed by atoms with Gasteiger partial charge in [-0.05, 0) is 41.8 Å². The molecule has 0 saturated heterocycles. The SMILES string of the molecule is COc1cccc(CN(C[C@@H](O)[C@@H](N)Cc2ccccc2)OC(=O)c2ccccc2)c1. The van der Waals surface area contributed by atoms with E-state index in [2.05, 4.69) is 0 Å². The summed E-state index contributed by atoms with van der Waals surface area (Å²) in [5.74, 6) is 0.209. The standard InChI is InChI=1S/C25H28N2O4/c1-30-22-14-8-11-20(15-22)17-27(31-25(29)21-12-6-3-7-13-21)18-24(28)23(26)16-19-9-4-2-5-10-19/h2-15,23-24,28H,16-18,26H2,1H3/t23-,24+/m0/s1. The van der Waals surface area contributed by atoms with Crippen LogP contribution in [-0.4, -0.2) is 41.9 Å². The molecule has 0 aliphatic rings. The summed E-state index contributed by atoms with van der Waals surface area (Å²) in [4.78, 5) is 18.2. The second-order valence-electron chi connectivity index (χ2n) is 7.34. The van der Waals surface area contributed by atoms with E-state index in [0.717, 1.165) is 11.1 Å². The number of carbonyl (C=O) groups excluding carboxylic acids is 1. The molecule has 3 rings (SSSR count). The monoisotopic (exact) mass is 420 g/mol. The fourth-order valence-corrected chi connectivity index (χ4v) is 3.22. The Morgan fingerprint density at radius 1 is 0.968 bits per heavy atom. The molecule has 0 radical (unpaired) electrons. The van der Waals surface area contributed by atoms with Gasteiger partial charge in [-0.1, -0.05) is 60.7 Å². The number of aliphatic hydroxyl groups excluding tert-OH is 1. The van der Waals surface area contributed by atoms with Crippen molar-refractivity contribution in [2.75, 3.05) is 13.7 Å². The van der Waals surface area contributed by atoms with Crippen LogP contribution in [0.4, 0.5) is 0 Å². The van der Waals surface area contributed by atoms with Gasteiger partial charge in [0.25, 0.3) is 0 Å². The number of aliphatic hydroxyl groups is 1. The molecule has 3 aromatic carbocycles. The highest BCUT2D eigenvalue weighted by Crippen LogP contribution is 2.16. The molecule has 0 amide bonds. The summed E-state index contributed by atoms with van der Waals surface area (Å²) in [6, 6.07) is 25.4. The maximum atomic E-state index is 12.6. The third kappa shape index (κ3) is 6.93. The Bertz CT molecular complexity index is 950. The van der Waals surface area contributed by atoms with Gasteiger partial charge < -0.3 is 20.4 Å². The summed E-state index contributed by atoms with van der Waals surface area (Å²) >= 11 is 0. The van der Waals surface area contributed by atoms with Crippen molar-refractivity contribution in [3.63, 3.8) is 0 Å². The van der Waals surface area contributed by atoms with Crippen molar-refractivity contribution < 1.29 is 19.5 Å². The second-order valence-corrected chi connectivity index (χ2v) is 7.34. The van der Waals surface area contributed by atoms with Crippen LogP contribution >= 0.6 is 0 Å². The molecular formula is C25H28N2O4. The van der Waals surface area contributed by atoms with E-state index in [1.807, 2.05) is 60.7 Å². The quantitative estimate of drug-likeness (QED) is 0.490. The molecule has 0 unspecified atom stereocenters. The lowest BCUT2D eigenvalue weighted by atomic mass is 10.0. The minimum atomic E-state index is -0.894. The van der Waals surface area contributed by atoms with Crippen LogP contribution in [0.3, 0.4) is 0 Å². The van der Waals surface area contributed by atoms with Crippen LogP contribution in [0.25, 0.3) is 0 Å². The van der Waals surface area contributed by atoms with Gasteiger partial charge in [-0.2, -0.15) is 0 Å². The van der Waals surface area contributed by atoms with Crippen LogP contribution in [0.2, 0.25) is 0 Å². The summed E-state index contributed by atoms with van der Waals surface area (Å²) in [5.41, 5.74) is 8.59. The highest BCUT2D eigenvalue weighted by molar-refractivity contribution is 5.89. The number of nitrogens with two attached hydrogens (primary N) is 1. The Kier molecular flexibility index (Phi) is 8.18. The van der Waals surface area contributed by atoms with Crippen LogP contribution in [0.15, 0.2) is 84.9 Å². The maximum Gasteiger partial charge on any atom is 0.357 e. The molecule has 0 spiro atoms. The van der Waals surface area contributed by atoms with Gasteiger partial charge in [0.2, 0.25) is 0 Å². The molecule has 31 heavy (non-hydrogen) atoms. The first-order chi connectivity index (χ1) is 15.0. The van der Waals surface area contributed by atoms with Crippen molar-refractivity contribution >= 4 is 5.97 Å². The fraction of sp³-hybridized carbons (Fsp3) is 0.240. The van der Waals surface area contributed by atoms with Gasteiger partial charge >= 0.3 is 5.97 Å². The average Bonchev–Trinajstić information content (AvgIpc) is 2.80. The third-order valence-corrected chi connectivity index (χ3v) is 4.91. The van der Waals surface area contributed by atoms with E-state index < -0.39 is 18.1 Å². The largest absolute Gasteiger partial charge is 0.497 e. The Morgan fingerprint density at radius 2 is 1.61 bits per heavy atom. The molecule has 2 atom stereocenters. The maximum absolute atomic E-state index is 12.6. The number of hydrogen-bond acceptors (Lipinski definition) is 6. The molecule has 0 saturated carbocycles. The first kappa shape index (κ1) is 22.5. The molecular weight excluding hydrogens is 392 g/mol. The van der Waals surface area contributed by atoms with Crippen molar-refractivity contribution in [3.05, 3.63) is 102 Å². The summed E-state index contributed by atoms with van der Waals surface area (Å²) in [7, 11) is 1.60. The van der Waals surface area contributed by atoms with E-state index in [9.17, 15) is 9.90 Å². The molecule has 6 heteroatoms. The van der Waals surface area contributed by atoms with Crippen LogP contribution in [-0.2, 0) is 17.8 Å². The Balaban J connectivity index is 1.71. The number of benzene rings is 3. The zero-order valence-corrected chi connectivity index (χ0v) is 17.6. The predicted octanol–water partition coefficient (Wildman–Crippen LogP) is 3.20. The molecule has 162 valence electrons. The lowest BCUT2D eigenvalue weighted by molar-refractivity contribution is -0.135.